The van der Waals surface area contributed by atoms with E-state index in [1.54, 1.807) is 18.2 Å². The van der Waals surface area contributed by atoms with Crippen LogP contribution in [0.3, 0.4) is 0 Å². The van der Waals surface area contributed by atoms with E-state index in [2.05, 4.69) is 0 Å². The second kappa shape index (κ2) is 6.99. The van der Waals surface area contributed by atoms with Gasteiger partial charge in [0, 0.05) is 6.07 Å². The Morgan fingerprint density at radius 3 is 2.17 bits per heavy atom. The van der Waals surface area contributed by atoms with Crippen LogP contribution in [0.15, 0.2) is 30.3 Å². The van der Waals surface area contributed by atoms with Crippen molar-refractivity contribution >= 4 is 11.7 Å². The SMILES string of the molecule is COc1cc(C(=O)Oc2ccc(C)c(C)c2)c([N+](=O)[O-])cc1OC. The van der Waals surface area contributed by atoms with Crippen molar-refractivity contribution < 1.29 is 23.9 Å². The molecule has 126 valence electrons. The summed E-state index contributed by atoms with van der Waals surface area (Å²) in [6.07, 6.45) is 0. The normalized spacial score (nSPS) is 10.2. The van der Waals surface area contributed by atoms with Crippen LogP contribution >= 0.6 is 0 Å². The zero-order valence-corrected chi connectivity index (χ0v) is 13.8. The van der Waals surface area contributed by atoms with Gasteiger partial charge in [0.15, 0.2) is 11.5 Å². The highest BCUT2D eigenvalue weighted by atomic mass is 16.6. The predicted molar refractivity (Wildman–Crippen MR) is 87.1 cm³/mol. The van der Waals surface area contributed by atoms with Crippen molar-refractivity contribution in [3.05, 3.63) is 57.1 Å². The zero-order chi connectivity index (χ0) is 17.9. The summed E-state index contributed by atoms with van der Waals surface area (Å²) in [7, 11) is 2.73. The molecule has 24 heavy (non-hydrogen) atoms. The number of hydrogen-bond acceptors (Lipinski definition) is 6. The molecule has 0 atom stereocenters. The first-order chi connectivity index (χ1) is 11.4. The molecule has 2 aromatic carbocycles. The highest BCUT2D eigenvalue weighted by Gasteiger charge is 2.26. The number of nitro benzene ring substituents is 1. The van der Waals surface area contributed by atoms with E-state index in [1.807, 2.05) is 13.8 Å². The molecule has 0 saturated heterocycles. The standard InChI is InChI=1S/C17H17NO6/c1-10-5-6-12(7-11(10)2)24-17(19)13-8-15(22-3)16(23-4)9-14(13)18(20)21/h5-9H,1-4H3. The molecule has 0 aliphatic rings. The maximum atomic E-state index is 12.4. The van der Waals surface area contributed by atoms with E-state index < -0.39 is 16.6 Å². The Balaban J connectivity index is 2.43. The maximum absolute atomic E-state index is 12.4. The molecule has 0 fully saturated rings. The highest BCUT2D eigenvalue weighted by Crippen LogP contribution is 2.35. The van der Waals surface area contributed by atoms with Gasteiger partial charge in [-0.25, -0.2) is 4.79 Å². The summed E-state index contributed by atoms with van der Waals surface area (Å²) in [5.41, 5.74) is 1.37. The van der Waals surface area contributed by atoms with Crippen molar-refractivity contribution in [1.29, 1.82) is 0 Å². The minimum Gasteiger partial charge on any atom is -0.493 e. The van der Waals surface area contributed by atoms with E-state index in [0.29, 0.717) is 5.75 Å². The predicted octanol–water partition coefficient (Wildman–Crippen LogP) is 3.45. The molecule has 0 amide bonds. The Hall–Kier alpha value is -3.09. The molecule has 0 aliphatic carbocycles. The average molecular weight is 331 g/mol. The van der Waals surface area contributed by atoms with Gasteiger partial charge in [-0.3, -0.25) is 10.1 Å². The molecule has 2 aromatic rings. The van der Waals surface area contributed by atoms with Crippen LogP contribution in [0.25, 0.3) is 0 Å². The van der Waals surface area contributed by atoms with Crippen LogP contribution in [0.4, 0.5) is 5.69 Å². The lowest BCUT2D eigenvalue weighted by molar-refractivity contribution is -0.385. The van der Waals surface area contributed by atoms with Gasteiger partial charge in [0.05, 0.1) is 25.2 Å². The molecule has 7 nitrogen and oxygen atoms in total. The largest absolute Gasteiger partial charge is 0.493 e. The highest BCUT2D eigenvalue weighted by molar-refractivity contribution is 5.96. The molecule has 0 saturated carbocycles. The van der Waals surface area contributed by atoms with Crippen LogP contribution in [-0.4, -0.2) is 25.1 Å². The first kappa shape index (κ1) is 17.3. The summed E-state index contributed by atoms with van der Waals surface area (Å²) in [5, 5.41) is 11.2. The third-order valence-electron chi connectivity index (χ3n) is 3.61. The number of carbonyl (C=O) groups excluding carboxylic acids is 1. The number of aryl methyl sites for hydroxylation is 2. The fraction of sp³-hybridized carbons (Fsp3) is 0.235. The van der Waals surface area contributed by atoms with Gasteiger partial charge in [0.25, 0.3) is 5.69 Å². The summed E-state index contributed by atoms with van der Waals surface area (Å²) in [4.78, 5) is 23.0. The molecule has 0 spiro atoms. The summed E-state index contributed by atoms with van der Waals surface area (Å²) < 4.78 is 15.4. The Morgan fingerprint density at radius 1 is 1.00 bits per heavy atom. The van der Waals surface area contributed by atoms with Crippen molar-refractivity contribution in [2.45, 2.75) is 13.8 Å². The Morgan fingerprint density at radius 2 is 1.62 bits per heavy atom. The van der Waals surface area contributed by atoms with Crippen LogP contribution in [0.5, 0.6) is 17.2 Å². The average Bonchev–Trinajstić information content (AvgIpc) is 2.56. The number of esters is 1. The topological polar surface area (TPSA) is 87.9 Å². The van der Waals surface area contributed by atoms with Crippen LogP contribution in [-0.2, 0) is 0 Å². The minimum atomic E-state index is -0.842. The summed E-state index contributed by atoms with van der Waals surface area (Å²) in [5.74, 6) is -0.167. The quantitative estimate of drug-likeness (QED) is 0.361. The number of ether oxygens (including phenoxy) is 3. The van der Waals surface area contributed by atoms with Gasteiger partial charge in [-0.15, -0.1) is 0 Å². The fourth-order valence-electron chi connectivity index (χ4n) is 2.12. The van der Waals surface area contributed by atoms with Crippen molar-refractivity contribution in [3.63, 3.8) is 0 Å². The lowest BCUT2D eigenvalue weighted by Crippen LogP contribution is -2.12. The first-order valence-corrected chi connectivity index (χ1v) is 7.07. The van der Waals surface area contributed by atoms with Crippen LogP contribution in [0, 0.1) is 24.0 Å². The third kappa shape index (κ3) is 3.45. The zero-order valence-electron chi connectivity index (χ0n) is 13.8. The monoisotopic (exact) mass is 331 g/mol. The number of carbonyl (C=O) groups is 1. The van der Waals surface area contributed by atoms with E-state index in [4.69, 9.17) is 14.2 Å². The molecule has 0 heterocycles. The van der Waals surface area contributed by atoms with Crippen LogP contribution in [0.2, 0.25) is 0 Å². The lowest BCUT2D eigenvalue weighted by atomic mass is 10.1. The second-order valence-electron chi connectivity index (χ2n) is 5.12. The first-order valence-electron chi connectivity index (χ1n) is 7.07. The summed E-state index contributed by atoms with van der Waals surface area (Å²) >= 11 is 0. The fourth-order valence-corrected chi connectivity index (χ4v) is 2.12. The molecule has 0 bridgehead atoms. The maximum Gasteiger partial charge on any atom is 0.350 e. The van der Waals surface area contributed by atoms with E-state index in [0.717, 1.165) is 17.2 Å². The molecule has 7 heteroatoms. The van der Waals surface area contributed by atoms with Gasteiger partial charge in [0.1, 0.15) is 11.3 Å². The molecule has 2 rings (SSSR count). The smallest absolute Gasteiger partial charge is 0.350 e. The third-order valence-corrected chi connectivity index (χ3v) is 3.61. The number of rotatable bonds is 5. The number of nitrogens with zero attached hydrogens (tertiary/aromatic N) is 1. The molecule has 0 aliphatic heterocycles. The molecular weight excluding hydrogens is 314 g/mol. The second-order valence-corrected chi connectivity index (χ2v) is 5.12. The molecule has 0 aromatic heterocycles. The van der Waals surface area contributed by atoms with Gasteiger partial charge < -0.3 is 14.2 Å². The Labute approximate surface area is 138 Å². The number of hydrogen-bond donors (Lipinski definition) is 0. The Bertz CT molecular complexity index is 800. The Kier molecular flexibility index (Phi) is 5.03. The van der Waals surface area contributed by atoms with Crippen molar-refractivity contribution in [2.75, 3.05) is 14.2 Å². The number of benzene rings is 2. The van der Waals surface area contributed by atoms with Crippen molar-refractivity contribution in [1.82, 2.24) is 0 Å². The van der Waals surface area contributed by atoms with E-state index in [9.17, 15) is 14.9 Å². The molecule has 0 unspecified atom stereocenters. The van der Waals surface area contributed by atoms with Gasteiger partial charge in [-0.1, -0.05) is 6.07 Å². The molecule has 0 N–H and O–H groups in total. The van der Waals surface area contributed by atoms with Gasteiger partial charge in [-0.05, 0) is 37.1 Å². The molecule has 0 radical (unpaired) electrons. The van der Waals surface area contributed by atoms with Crippen molar-refractivity contribution in [3.8, 4) is 17.2 Å². The van der Waals surface area contributed by atoms with Gasteiger partial charge in [-0.2, -0.15) is 0 Å². The minimum absolute atomic E-state index is 0.159. The van der Waals surface area contributed by atoms with Crippen LogP contribution < -0.4 is 14.2 Å². The number of methoxy groups -OCH3 is 2. The lowest BCUT2D eigenvalue weighted by Gasteiger charge is -2.11. The van der Waals surface area contributed by atoms with Crippen LogP contribution in [0.1, 0.15) is 21.5 Å². The van der Waals surface area contributed by atoms with Gasteiger partial charge >= 0.3 is 5.97 Å². The van der Waals surface area contributed by atoms with Crippen molar-refractivity contribution in [2.24, 2.45) is 0 Å². The summed E-state index contributed by atoms with van der Waals surface area (Å²) in [6.45, 7) is 3.81. The molecular formula is C17H17NO6. The van der Waals surface area contributed by atoms with E-state index >= 15 is 0 Å². The van der Waals surface area contributed by atoms with Gasteiger partial charge in [0.2, 0.25) is 0 Å². The van der Waals surface area contributed by atoms with E-state index in [-0.39, 0.29) is 17.1 Å². The number of nitro groups is 1. The summed E-state index contributed by atoms with van der Waals surface area (Å²) in [6, 6.07) is 7.50. The van der Waals surface area contributed by atoms with E-state index in [1.165, 1.54) is 20.3 Å².